The normalized spacial score (nSPS) is 12.2. The third kappa shape index (κ3) is 3.22. The fourth-order valence-electron chi connectivity index (χ4n) is 1.35. The fraction of sp³-hybridized carbons (Fsp3) is 0.500. The molecule has 1 atom stereocenters. The third-order valence-corrected chi connectivity index (χ3v) is 2.76. The standard InChI is InChI=1S/C12H18N2O2/c1-4-9(2)8-13-11-6-5-10(3)12(7-11)14(15)16/h5-7,9,13H,4,8H2,1-3H3. The Morgan fingerprint density at radius 1 is 1.50 bits per heavy atom. The van der Waals surface area contributed by atoms with E-state index in [9.17, 15) is 10.1 Å². The molecule has 0 amide bonds. The van der Waals surface area contributed by atoms with Gasteiger partial charge in [0, 0.05) is 23.9 Å². The van der Waals surface area contributed by atoms with E-state index in [1.165, 1.54) is 0 Å². The molecule has 0 radical (unpaired) electrons. The zero-order valence-corrected chi connectivity index (χ0v) is 9.99. The second-order valence-corrected chi connectivity index (χ2v) is 4.15. The highest BCUT2D eigenvalue weighted by atomic mass is 16.6. The number of nitro benzene ring substituents is 1. The van der Waals surface area contributed by atoms with Crippen molar-refractivity contribution in [1.29, 1.82) is 0 Å². The Morgan fingerprint density at radius 2 is 2.19 bits per heavy atom. The molecule has 0 heterocycles. The first-order valence-corrected chi connectivity index (χ1v) is 5.53. The van der Waals surface area contributed by atoms with Crippen molar-refractivity contribution in [2.75, 3.05) is 11.9 Å². The predicted octanol–water partition coefficient (Wildman–Crippen LogP) is 3.36. The van der Waals surface area contributed by atoms with E-state index >= 15 is 0 Å². The summed E-state index contributed by atoms with van der Waals surface area (Å²) < 4.78 is 0. The van der Waals surface area contributed by atoms with Gasteiger partial charge in [-0.1, -0.05) is 26.3 Å². The van der Waals surface area contributed by atoms with Crippen molar-refractivity contribution in [2.24, 2.45) is 5.92 Å². The van der Waals surface area contributed by atoms with Gasteiger partial charge in [-0.15, -0.1) is 0 Å². The number of aryl methyl sites for hydroxylation is 1. The van der Waals surface area contributed by atoms with Gasteiger partial charge in [0.1, 0.15) is 0 Å². The van der Waals surface area contributed by atoms with E-state index in [0.717, 1.165) is 18.7 Å². The minimum atomic E-state index is -0.343. The van der Waals surface area contributed by atoms with Gasteiger partial charge in [-0.3, -0.25) is 10.1 Å². The quantitative estimate of drug-likeness (QED) is 0.614. The summed E-state index contributed by atoms with van der Waals surface area (Å²) in [4.78, 5) is 10.4. The molecule has 0 bridgehead atoms. The van der Waals surface area contributed by atoms with Crippen LogP contribution in [0.15, 0.2) is 18.2 Å². The van der Waals surface area contributed by atoms with Crippen molar-refractivity contribution in [2.45, 2.75) is 27.2 Å². The Hall–Kier alpha value is -1.58. The first-order chi connectivity index (χ1) is 7.54. The topological polar surface area (TPSA) is 55.2 Å². The number of anilines is 1. The molecule has 0 aliphatic carbocycles. The van der Waals surface area contributed by atoms with E-state index < -0.39 is 0 Å². The van der Waals surface area contributed by atoms with E-state index in [0.29, 0.717) is 11.5 Å². The SMILES string of the molecule is CCC(C)CNc1ccc(C)c([N+](=O)[O-])c1. The van der Waals surface area contributed by atoms with E-state index in [1.807, 2.05) is 6.07 Å². The lowest BCUT2D eigenvalue weighted by Crippen LogP contribution is -2.10. The summed E-state index contributed by atoms with van der Waals surface area (Å²) in [6, 6.07) is 5.25. The second-order valence-electron chi connectivity index (χ2n) is 4.15. The highest BCUT2D eigenvalue weighted by molar-refractivity contribution is 5.54. The Kier molecular flexibility index (Phi) is 4.28. The van der Waals surface area contributed by atoms with Crippen molar-refractivity contribution in [3.8, 4) is 0 Å². The number of benzene rings is 1. The summed E-state index contributed by atoms with van der Waals surface area (Å²) in [6.07, 6.45) is 1.10. The molecule has 1 aromatic rings. The molecular formula is C12H18N2O2. The summed E-state index contributed by atoms with van der Waals surface area (Å²) in [6.45, 7) is 6.87. The Balaban J connectivity index is 2.75. The monoisotopic (exact) mass is 222 g/mol. The lowest BCUT2D eigenvalue weighted by molar-refractivity contribution is -0.385. The number of hydrogen-bond acceptors (Lipinski definition) is 3. The number of rotatable bonds is 5. The molecule has 88 valence electrons. The molecule has 0 saturated carbocycles. The average Bonchev–Trinajstić information content (AvgIpc) is 2.27. The average molecular weight is 222 g/mol. The van der Waals surface area contributed by atoms with Gasteiger partial charge < -0.3 is 5.32 Å². The van der Waals surface area contributed by atoms with Crippen LogP contribution in [0.25, 0.3) is 0 Å². The van der Waals surface area contributed by atoms with E-state index in [1.54, 1.807) is 19.1 Å². The van der Waals surface area contributed by atoms with Gasteiger partial charge in [-0.2, -0.15) is 0 Å². The number of nitro groups is 1. The van der Waals surface area contributed by atoms with Crippen LogP contribution in [0.1, 0.15) is 25.8 Å². The van der Waals surface area contributed by atoms with Gasteiger partial charge in [0.05, 0.1) is 4.92 Å². The molecule has 0 spiro atoms. The number of nitrogens with zero attached hydrogens (tertiary/aromatic N) is 1. The molecule has 4 nitrogen and oxygen atoms in total. The van der Waals surface area contributed by atoms with Crippen molar-refractivity contribution in [3.63, 3.8) is 0 Å². The Morgan fingerprint density at radius 3 is 2.75 bits per heavy atom. The predicted molar refractivity (Wildman–Crippen MR) is 65.8 cm³/mol. The highest BCUT2D eigenvalue weighted by Gasteiger charge is 2.10. The summed E-state index contributed by atoms with van der Waals surface area (Å²) >= 11 is 0. The van der Waals surface area contributed by atoms with Crippen LogP contribution in [0.2, 0.25) is 0 Å². The van der Waals surface area contributed by atoms with Crippen molar-refractivity contribution >= 4 is 11.4 Å². The zero-order valence-electron chi connectivity index (χ0n) is 9.99. The largest absolute Gasteiger partial charge is 0.385 e. The molecule has 0 fully saturated rings. The fourth-order valence-corrected chi connectivity index (χ4v) is 1.35. The van der Waals surface area contributed by atoms with E-state index in [2.05, 4.69) is 19.2 Å². The summed E-state index contributed by atoms with van der Waals surface area (Å²) in [5.74, 6) is 0.570. The van der Waals surface area contributed by atoms with E-state index in [4.69, 9.17) is 0 Å². The second kappa shape index (κ2) is 5.49. The van der Waals surface area contributed by atoms with Gasteiger partial charge in [0.25, 0.3) is 5.69 Å². The van der Waals surface area contributed by atoms with Gasteiger partial charge in [0.15, 0.2) is 0 Å². The summed E-state index contributed by atoms with van der Waals surface area (Å²) in [5.41, 5.74) is 1.69. The molecule has 0 aromatic heterocycles. The highest BCUT2D eigenvalue weighted by Crippen LogP contribution is 2.22. The molecule has 0 aliphatic heterocycles. The van der Waals surface area contributed by atoms with Crippen LogP contribution in [0, 0.1) is 23.0 Å². The number of nitrogens with one attached hydrogen (secondary N) is 1. The maximum atomic E-state index is 10.7. The number of hydrogen-bond donors (Lipinski definition) is 1. The molecule has 0 aliphatic rings. The molecular weight excluding hydrogens is 204 g/mol. The van der Waals surface area contributed by atoms with Crippen molar-refractivity contribution < 1.29 is 4.92 Å². The van der Waals surface area contributed by atoms with Crippen LogP contribution in [0.4, 0.5) is 11.4 Å². The molecule has 1 aromatic carbocycles. The van der Waals surface area contributed by atoms with Crippen LogP contribution in [-0.2, 0) is 0 Å². The summed E-state index contributed by atoms with van der Waals surface area (Å²) in [5, 5.41) is 14.0. The van der Waals surface area contributed by atoms with E-state index in [-0.39, 0.29) is 10.6 Å². The van der Waals surface area contributed by atoms with Crippen molar-refractivity contribution in [3.05, 3.63) is 33.9 Å². The van der Waals surface area contributed by atoms with Crippen LogP contribution < -0.4 is 5.32 Å². The van der Waals surface area contributed by atoms with Crippen LogP contribution >= 0.6 is 0 Å². The molecule has 4 heteroatoms. The summed E-state index contributed by atoms with van der Waals surface area (Å²) in [7, 11) is 0. The lowest BCUT2D eigenvalue weighted by atomic mass is 10.1. The Labute approximate surface area is 95.8 Å². The van der Waals surface area contributed by atoms with Crippen LogP contribution in [0.5, 0.6) is 0 Å². The van der Waals surface area contributed by atoms with Gasteiger partial charge in [-0.25, -0.2) is 0 Å². The van der Waals surface area contributed by atoms with Gasteiger partial charge >= 0.3 is 0 Å². The van der Waals surface area contributed by atoms with Crippen molar-refractivity contribution in [1.82, 2.24) is 0 Å². The first-order valence-electron chi connectivity index (χ1n) is 5.53. The van der Waals surface area contributed by atoms with Gasteiger partial charge in [-0.05, 0) is 18.9 Å². The molecule has 1 rings (SSSR count). The smallest absolute Gasteiger partial charge is 0.274 e. The maximum absolute atomic E-state index is 10.7. The van der Waals surface area contributed by atoms with Gasteiger partial charge in [0.2, 0.25) is 0 Å². The molecule has 1 unspecified atom stereocenters. The zero-order chi connectivity index (χ0) is 12.1. The first kappa shape index (κ1) is 12.5. The molecule has 0 saturated heterocycles. The minimum absolute atomic E-state index is 0.175. The minimum Gasteiger partial charge on any atom is -0.385 e. The maximum Gasteiger partial charge on any atom is 0.274 e. The Bertz CT molecular complexity index is 377. The molecule has 1 N–H and O–H groups in total. The van der Waals surface area contributed by atoms with Crippen LogP contribution in [-0.4, -0.2) is 11.5 Å². The lowest BCUT2D eigenvalue weighted by Gasteiger charge is -2.11. The third-order valence-electron chi connectivity index (χ3n) is 2.76. The molecule has 16 heavy (non-hydrogen) atoms. The van der Waals surface area contributed by atoms with Crippen LogP contribution in [0.3, 0.4) is 0 Å².